The fourth-order valence-electron chi connectivity index (χ4n) is 8.18. The van der Waals surface area contributed by atoms with E-state index in [0.29, 0.717) is 17.1 Å². The molecule has 6 aliphatic rings. The molecule has 4 fully saturated rings. The van der Waals surface area contributed by atoms with Crippen molar-refractivity contribution in [1.82, 2.24) is 4.31 Å². The van der Waals surface area contributed by atoms with Crippen molar-refractivity contribution in [1.29, 1.82) is 0 Å². The topological polar surface area (TPSA) is 71.5 Å². The van der Waals surface area contributed by atoms with E-state index in [4.69, 9.17) is 0 Å². The number of ketones is 1. The van der Waals surface area contributed by atoms with Crippen LogP contribution in [0.5, 0.6) is 0 Å². The van der Waals surface area contributed by atoms with Gasteiger partial charge >= 0.3 is 0 Å². The monoisotopic (exact) mass is 401 g/mol. The van der Waals surface area contributed by atoms with E-state index in [2.05, 4.69) is 26.0 Å². The predicted octanol–water partition coefficient (Wildman–Crippen LogP) is 2.69. The summed E-state index contributed by atoms with van der Waals surface area (Å²) in [6.07, 6.45) is 7.88. The van der Waals surface area contributed by atoms with Crippen LogP contribution in [0.3, 0.4) is 0 Å². The molecule has 28 heavy (non-hydrogen) atoms. The van der Waals surface area contributed by atoms with E-state index in [-0.39, 0.29) is 58.0 Å². The van der Waals surface area contributed by atoms with Gasteiger partial charge in [0.2, 0.25) is 10.0 Å². The molecule has 5 nitrogen and oxygen atoms in total. The molecule has 0 aromatic carbocycles. The molecule has 1 saturated heterocycles. The van der Waals surface area contributed by atoms with Gasteiger partial charge in [0.1, 0.15) is 0 Å². The van der Waals surface area contributed by atoms with Crippen LogP contribution < -0.4 is 0 Å². The number of Topliss-reactive ketones (excluding diaryl/α,β-unsaturated/α-hetero) is 1. The summed E-state index contributed by atoms with van der Waals surface area (Å²) < 4.78 is 27.8. The number of carbonyl (C=O) groups excluding carboxylic acids is 2. The average Bonchev–Trinajstić information content (AvgIpc) is 3.39. The third-order valence-corrected chi connectivity index (χ3v) is 11.6. The molecule has 0 radical (unpaired) electrons. The van der Waals surface area contributed by atoms with Gasteiger partial charge in [-0.1, -0.05) is 26.0 Å². The van der Waals surface area contributed by atoms with Gasteiger partial charge < -0.3 is 0 Å². The van der Waals surface area contributed by atoms with Gasteiger partial charge in [-0.3, -0.25) is 9.59 Å². The lowest BCUT2D eigenvalue weighted by molar-refractivity contribution is -0.125. The minimum absolute atomic E-state index is 0.0600. The number of sulfonamides is 1. The minimum Gasteiger partial charge on any atom is -0.294 e. The molecule has 6 heteroatoms. The molecule has 0 aromatic rings. The molecule has 3 saturated carbocycles. The molecule has 7 atom stereocenters. The zero-order chi connectivity index (χ0) is 19.8. The van der Waals surface area contributed by atoms with E-state index in [9.17, 15) is 18.0 Å². The lowest BCUT2D eigenvalue weighted by atomic mass is 9.69. The van der Waals surface area contributed by atoms with E-state index in [1.54, 1.807) is 6.92 Å². The zero-order valence-electron chi connectivity index (χ0n) is 16.6. The highest BCUT2D eigenvalue weighted by Crippen LogP contribution is 2.70. The molecule has 1 aliphatic heterocycles. The van der Waals surface area contributed by atoms with Crippen LogP contribution in [0.2, 0.25) is 0 Å². The van der Waals surface area contributed by atoms with Crippen LogP contribution in [0.25, 0.3) is 0 Å². The Morgan fingerprint density at radius 3 is 2.50 bits per heavy atom. The number of hydrogen-bond donors (Lipinski definition) is 0. The fourth-order valence-corrected chi connectivity index (χ4v) is 10.7. The Balaban J connectivity index is 1.45. The van der Waals surface area contributed by atoms with Crippen LogP contribution in [0.1, 0.15) is 46.5 Å². The van der Waals surface area contributed by atoms with Crippen molar-refractivity contribution >= 4 is 21.7 Å². The third-order valence-electron chi connectivity index (χ3n) is 9.71. The lowest BCUT2D eigenvalue weighted by Crippen LogP contribution is -2.45. The Bertz CT molecular complexity index is 1010. The summed E-state index contributed by atoms with van der Waals surface area (Å²) in [6, 6.07) is -0.234. The molecule has 1 amide bonds. The van der Waals surface area contributed by atoms with E-state index in [0.717, 1.165) is 25.7 Å². The molecule has 0 unspecified atom stereocenters. The van der Waals surface area contributed by atoms with Gasteiger partial charge in [0.25, 0.3) is 5.91 Å². The van der Waals surface area contributed by atoms with Crippen molar-refractivity contribution in [2.45, 2.75) is 52.5 Å². The van der Waals surface area contributed by atoms with Crippen molar-refractivity contribution in [3.63, 3.8) is 0 Å². The van der Waals surface area contributed by atoms with Gasteiger partial charge in [-0.15, -0.1) is 0 Å². The maximum atomic E-state index is 13.8. The lowest BCUT2D eigenvalue weighted by Gasteiger charge is -2.37. The Labute approximate surface area is 166 Å². The highest BCUT2D eigenvalue weighted by atomic mass is 32.2. The number of nitrogens with zero attached hydrogens (tertiary/aromatic N) is 1. The number of rotatable bonds is 1. The van der Waals surface area contributed by atoms with Crippen LogP contribution in [0.4, 0.5) is 0 Å². The molecule has 5 aliphatic carbocycles. The Hall–Kier alpha value is -1.43. The third kappa shape index (κ3) is 1.66. The normalized spacial score (nSPS) is 48.7. The molecule has 1 heterocycles. The highest BCUT2D eigenvalue weighted by molar-refractivity contribution is 7.90. The van der Waals surface area contributed by atoms with Crippen molar-refractivity contribution in [2.24, 2.45) is 40.4 Å². The van der Waals surface area contributed by atoms with Crippen molar-refractivity contribution in [3.05, 3.63) is 23.3 Å². The Morgan fingerprint density at radius 1 is 1.14 bits per heavy atom. The van der Waals surface area contributed by atoms with Crippen LogP contribution in [-0.2, 0) is 19.6 Å². The van der Waals surface area contributed by atoms with Crippen LogP contribution in [0, 0.1) is 40.4 Å². The Morgan fingerprint density at radius 2 is 1.82 bits per heavy atom. The summed E-state index contributed by atoms with van der Waals surface area (Å²) in [6.45, 7) is 6.11. The maximum Gasteiger partial charge on any atom is 0.264 e. The molecule has 0 aromatic heterocycles. The second-order valence-electron chi connectivity index (χ2n) is 10.6. The predicted molar refractivity (Wildman–Crippen MR) is 103 cm³/mol. The molecular formula is C22H27NO4S. The van der Waals surface area contributed by atoms with Gasteiger partial charge in [0.05, 0.1) is 11.8 Å². The SMILES string of the molecule is CC1=C(C(=O)N2[C@H]3C[C@@H]4CC[C@@]3(CS2(=O)=O)C4(C)C)[C@@H]2[C@H](C1=O)[C@H]1C=C[C@@H]2C1. The fraction of sp³-hybridized carbons (Fsp3) is 0.727. The van der Waals surface area contributed by atoms with Crippen molar-refractivity contribution < 1.29 is 18.0 Å². The van der Waals surface area contributed by atoms with Crippen LogP contribution in [-0.4, -0.2) is 36.2 Å². The summed E-state index contributed by atoms with van der Waals surface area (Å²) in [5.74, 6) is 0.381. The minimum atomic E-state index is -3.66. The van der Waals surface area contributed by atoms with Gasteiger partial charge in [-0.05, 0) is 55.8 Å². The number of hydrogen-bond acceptors (Lipinski definition) is 4. The molecular weight excluding hydrogens is 374 g/mol. The number of amides is 1. The zero-order valence-corrected chi connectivity index (χ0v) is 17.5. The first-order valence-corrected chi connectivity index (χ1v) is 12.2. The van der Waals surface area contributed by atoms with Crippen LogP contribution in [0.15, 0.2) is 23.3 Å². The second kappa shape index (κ2) is 4.82. The first-order valence-electron chi connectivity index (χ1n) is 10.6. The standard InChI is InChI=1S/C22H27NO4S/c1-11-16(17-12-4-5-13(8-12)18(17)19(11)24)20(25)23-15-9-14-6-7-22(15,21(14,2)3)10-28(23,26)27/h4-5,12-15,17-18H,6-10H2,1-3H3/t12-,13+,14+,15+,17-,18-,22+/m1/s1. The summed E-state index contributed by atoms with van der Waals surface area (Å²) in [5, 5.41) is 0. The average molecular weight is 402 g/mol. The molecule has 1 spiro atoms. The van der Waals surface area contributed by atoms with E-state index >= 15 is 0 Å². The van der Waals surface area contributed by atoms with Crippen LogP contribution >= 0.6 is 0 Å². The number of fused-ring (bicyclic) bond motifs is 6. The number of carbonyl (C=O) groups is 2. The van der Waals surface area contributed by atoms with Gasteiger partial charge in [0.15, 0.2) is 5.78 Å². The summed E-state index contributed by atoms with van der Waals surface area (Å²) in [4.78, 5) is 26.7. The summed E-state index contributed by atoms with van der Waals surface area (Å²) in [7, 11) is -3.66. The smallest absolute Gasteiger partial charge is 0.264 e. The molecule has 150 valence electrons. The highest BCUT2D eigenvalue weighted by Gasteiger charge is 2.73. The quantitative estimate of drug-likeness (QED) is 0.634. The second-order valence-corrected chi connectivity index (χ2v) is 12.5. The number of allylic oxidation sites excluding steroid dienone is 3. The van der Waals surface area contributed by atoms with E-state index < -0.39 is 10.0 Å². The Kier molecular flexibility index (Phi) is 3.00. The van der Waals surface area contributed by atoms with E-state index in [1.165, 1.54) is 4.31 Å². The summed E-state index contributed by atoms with van der Waals surface area (Å²) in [5.41, 5.74) is 0.633. The first-order chi connectivity index (χ1) is 13.1. The largest absolute Gasteiger partial charge is 0.294 e. The van der Waals surface area contributed by atoms with Gasteiger partial charge in [-0.2, -0.15) is 0 Å². The van der Waals surface area contributed by atoms with E-state index in [1.807, 2.05) is 0 Å². The molecule has 4 bridgehead atoms. The first kappa shape index (κ1) is 17.4. The van der Waals surface area contributed by atoms with Gasteiger partial charge in [0, 0.05) is 28.4 Å². The maximum absolute atomic E-state index is 13.8. The van der Waals surface area contributed by atoms with Crippen molar-refractivity contribution in [3.8, 4) is 0 Å². The summed E-state index contributed by atoms with van der Waals surface area (Å²) >= 11 is 0. The molecule has 0 N–H and O–H groups in total. The van der Waals surface area contributed by atoms with Gasteiger partial charge in [-0.25, -0.2) is 12.7 Å². The van der Waals surface area contributed by atoms with Crippen molar-refractivity contribution in [2.75, 3.05) is 5.75 Å². The molecule has 6 rings (SSSR count).